The van der Waals surface area contributed by atoms with Gasteiger partial charge in [0, 0.05) is 53.7 Å². The van der Waals surface area contributed by atoms with Crippen LogP contribution in [0.5, 0.6) is 17.2 Å². The van der Waals surface area contributed by atoms with Crippen LogP contribution in [0.25, 0.3) is 21.7 Å². The second-order valence-electron chi connectivity index (χ2n) is 15.7. The first-order chi connectivity index (χ1) is 26.8. The number of ether oxygens (including phenoxy) is 1. The molecule has 3 aliphatic heterocycles. The number of hydrogen-bond donors (Lipinski definition) is 7. The Kier molecular flexibility index (Phi) is 9.94. The van der Waals surface area contributed by atoms with Crippen molar-refractivity contribution < 1.29 is 54.7 Å². The average molecular weight is 771 g/mol. The number of aliphatic hydroxyl groups excluding tert-OH is 4. The number of aliphatic hydroxyl groups is 5. The zero-order chi connectivity index (χ0) is 39.5. The molecule has 14 nitrogen and oxygen atoms in total. The van der Waals surface area contributed by atoms with Crippen molar-refractivity contribution in [3.8, 4) is 17.2 Å². The summed E-state index contributed by atoms with van der Waals surface area (Å²) in [7, 11) is 0. The van der Waals surface area contributed by atoms with Crippen molar-refractivity contribution in [3.63, 3.8) is 0 Å². The van der Waals surface area contributed by atoms with Crippen molar-refractivity contribution in [1.29, 1.82) is 0 Å². The summed E-state index contributed by atoms with van der Waals surface area (Å²) < 4.78 is 13.3. The molecule has 0 bridgehead atoms. The number of phenolic OH excluding ortho intramolecular Hbond substituents is 2. The van der Waals surface area contributed by atoms with Gasteiger partial charge in [0.2, 0.25) is 0 Å². The normalized spacial score (nSPS) is 23.4. The van der Waals surface area contributed by atoms with Crippen molar-refractivity contribution >= 4 is 33.1 Å². The third-order valence-corrected chi connectivity index (χ3v) is 11.9. The number of aliphatic imine (C=N–C) groups is 1. The monoisotopic (exact) mass is 770 g/mol. The fourth-order valence-corrected chi connectivity index (χ4v) is 8.72. The van der Waals surface area contributed by atoms with Gasteiger partial charge in [-0.25, -0.2) is 9.78 Å². The Morgan fingerprint density at radius 3 is 2.59 bits per heavy atom. The molecule has 6 atom stereocenters. The Balaban J connectivity index is 1.15. The van der Waals surface area contributed by atoms with E-state index in [1.807, 2.05) is 24.1 Å². The van der Waals surface area contributed by atoms with Crippen LogP contribution in [0.4, 0.5) is 5.69 Å². The summed E-state index contributed by atoms with van der Waals surface area (Å²) >= 11 is 0. The third kappa shape index (κ3) is 6.64. The summed E-state index contributed by atoms with van der Waals surface area (Å²) in [5.74, 6) is 0.859. The highest BCUT2D eigenvalue weighted by molar-refractivity contribution is 6.12. The van der Waals surface area contributed by atoms with Crippen molar-refractivity contribution in [2.45, 2.75) is 88.0 Å². The minimum absolute atomic E-state index is 0.0305. The highest BCUT2D eigenvalue weighted by Gasteiger charge is 2.51. The number of aryl methyl sites for hydroxylation is 1. The van der Waals surface area contributed by atoms with Crippen LogP contribution < -0.4 is 15.1 Å². The zero-order valence-corrected chi connectivity index (χ0v) is 31.1. The molecular formula is C42H46N2O12. The maximum atomic E-state index is 13.4. The molecule has 3 aromatic carbocycles. The summed E-state index contributed by atoms with van der Waals surface area (Å²) in [5, 5.41) is 76.0. The lowest BCUT2D eigenvalue weighted by atomic mass is 9.78. The molecule has 14 heteroatoms. The molecule has 0 unspecified atom stereocenters. The fraction of sp³-hybridized carbons (Fsp3) is 0.429. The number of fused-ring (bicyclic) bond motifs is 4. The molecule has 7 N–H and O–H groups in total. The molecule has 1 aromatic heterocycles. The van der Waals surface area contributed by atoms with Gasteiger partial charge in [0.15, 0.2) is 16.8 Å². The van der Waals surface area contributed by atoms with E-state index in [0.29, 0.717) is 56.6 Å². The lowest BCUT2D eigenvalue weighted by Gasteiger charge is -2.46. The van der Waals surface area contributed by atoms with Crippen LogP contribution in [0.3, 0.4) is 0 Å². The van der Waals surface area contributed by atoms with Gasteiger partial charge < -0.3 is 49.8 Å². The second kappa shape index (κ2) is 14.6. The molecule has 56 heavy (non-hydrogen) atoms. The molecule has 0 saturated heterocycles. The van der Waals surface area contributed by atoms with Gasteiger partial charge in [-0.3, -0.25) is 9.79 Å². The molecule has 0 amide bonds. The Morgan fingerprint density at radius 2 is 1.84 bits per heavy atom. The Hall–Kier alpha value is -4.80. The SMILES string of the molecule is Cc1cc(=O)c2cc3c(c(N4C=C5C=CN=C5C4)c2o1)O[C@](C)(C1CCCC1)[C@H](OOC[C@@](O)(Cc1ccc(O)c2ccc(O)cc12)[C@@H](O)[C@H](O)[C@H](O)CO)C3. The summed E-state index contributed by atoms with van der Waals surface area (Å²) in [4.78, 5) is 32.0. The number of benzene rings is 3. The van der Waals surface area contributed by atoms with Crippen molar-refractivity contribution in [1.82, 2.24) is 0 Å². The Morgan fingerprint density at radius 1 is 1.05 bits per heavy atom. The molecular weight excluding hydrogens is 724 g/mol. The molecule has 1 fully saturated rings. The largest absolute Gasteiger partial charge is 0.508 e. The molecule has 4 aliphatic rings. The van der Waals surface area contributed by atoms with Gasteiger partial charge in [-0.1, -0.05) is 18.9 Å². The van der Waals surface area contributed by atoms with Crippen LogP contribution in [0.1, 0.15) is 49.5 Å². The van der Waals surface area contributed by atoms with E-state index in [9.17, 15) is 40.5 Å². The van der Waals surface area contributed by atoms with Gasteiger partial charge in [0.05, 0.1) is 24.2 Å². The smallest absolute Gasteiger partial charge is 0.193 e. The summed E-state index contributed by atoms with van der Waals surface area (Å²) in [6, 6.07) is 10.4. The quantitative estimate of drug-likeness (QED) is 0.0812. The number of phenols is 2. The number of hydrogen-bond acceptors (Lipinski definition) is 14. The highest BCUT2D eigenvalue weighted by Crippen LogP contribution is 2.51. The lowest BCUT2D eigenvalue weighted by Crippen LogP contribution is -2.58. The van der Waals surface area contributed by atoms with Crippen molar-refractivity contribution in [2.24, 2.45) is 10.9 Å². The Labute approximate surface area is 321 Å². The number of aromatic hydroxyl groups is 2. The molecule has 1 saturated carbocycles. The van der Waals surface area contributed by atoms with E-state index >= 15 is 0 Å². The van der Waals surface area contributed by atoms with Crippen LogP contribution in [0.15, 0.2) is 80.7 Å². The number of allylic oxidation sites excluding steroid dienone is 1. The van der Waals surface area contributed by atoms with Crippen molar-refractivity contribution in [2.75, 3.05) is 24.7 Å². The van der Waals surface area contributed by atoms with Crippen LogP contribution in [-0.4, -0.2) is 96.8 Å². The number of rotatable bonds is 12. The van der Waals surface area contributed by atoms with E-state index in [4.69, 9.17) is 18.9 Å². The van der Waals surface area contributed by atoms with Gasteiger partial charge in [0.1, 0.15) is 65.2 Å². The molecule has 0 spiro atoms. The predicted octanol–water partition coefficient (Wildman–Crippen LogP) is 3.59. The van der Waals surface area contributed by atoms with E-state index in [0.717, 1.165) is 37.0 Å². The summed E-state index contributed by atoms with van der Waals surface area (Å²) in [5.41, 5.74) is 0.353. The van der Waals surface area contributed by atoms with Gasteiger partial charge in [-0.2, -0.15) is 0 Å². The van der Waals surface area contributed by atoms with Crippen molar-refractivity contribution in [3.05, 3.63) is 93.6 Å². The standard InChI is InChI=1S/C42H46N2O12/c1-22-13-33(48)30-14-25-15-35(41(2,26-5-3-4-6-26)55-38(25)36(39(30)54-22)44-18-24-11-12-43-31(24)19-44)56-53-21-42(52,40(51)37(50)34(49)20-45)17-23-7-10-32(47)28-9-8-27(46)16-29(23)28/h7-14,16,18,26,34-35,37,40,45-47,49-52H,3-6,15,17,19-21H2,1-2H3/t34-,35-,37-,40+,41-,42+/m1/s1. The molecule has 296 valence electrons. The first-order valence-electron chi connectivity index (χ1n) is 18.9. The van der Waals surface area contributed by atoms with Gasteiger partial charge in [-0.15, -0.1) is 0 Å². The average Bonchev–Trinajstić information content (AvgIpc) is 3.95. The predicted molar refractivity (Wildman–Crippen MR) is 206 cm³/mol. The van der Waals surface area contributed by atoms with E-state index in [2.05, 4.69) is 4.99 Å². The minimum atomic E-state index is -2.35. The van der Waals surface area contributed by atoms with Crippen LogP contribution in [0, 0.1) is 12.8 Å². The second-order valence-corrected chi connectivity index (χ2v) is 15.7. The van der Waals surface area contributed by atoms with Crippen LogP contribution >= 0.6 is 0 Å². The minimum Gasteiger partial charge on any atom is -0.508 e. The number of nitrogens with zero attached hydrogens (tertiary/aromatic N) is 2. The maximum absolute atomic E-state index is 13.4. The van der Waals surface area contributed by atoms with E-state index in [1.54, 1.807) is 19.2 Å². The first kappa shape index (κ1) is 38.1. The topological polar surface area (TPSA) is 215 Å². The summed E-state index contributed by atoms with van der Waals surface area (Å²) in [6.45, 7) is 2.52. The van der Waals surface area contributed by atoms with Gasteiger partial charge >= 0.3 is 0 Å². The molecule has 4 aromatic rings. The highest BCUT2D eigenvalue weighted by atomic mass is 17.2. The third-order valence-electron chi connectivity index (χ3n) is 11.9. The Bertz CT molecular complexity index is 2330. The maximum Gasteiger partial charge on any atom is 0.193 e. The fourth-order valence-electron chi connectivity index (χ4n) is 8.72. The first-order valence-corrected chi connectivity index (χ1v) is 18.9. The van der Waals surface area contributed by atoms with Gasteiger partial charge in [-0.05, 0) is 74.0 Å². The molecule has 4 heterocycles. The molecule has 8 rings (SSSR count). The van der Waals surface area contributed by atoms with Gasteiger partial charge in [0.25, 0.3) is 0 Å². The molecule has 0 radical (unpaired) electrons. The van der Waals surface area contributed by atoms with E-state index < -0.39 is 55.3 Å². The zero-order valence-electron chi connectivity index (χ0n) is 31.1. The lowest BCUT2D eigenvalue weighted by molar-refractivity contribution is -0.374. The van der Waals surface area contributed by atoms with Crippen LogP contribution in [-0.2, 0) is 22.6 Å². The van der Waals surface area contributed by atoms with Crippen LogP contribution in [0.2, 0.25) is 0 Å². The molecule has 1 aliphatic carbocycles. The van der Waals surface area contributed by atoms with E-state index in [-0.39, 0.29) is 29.3 Å². The summed E-state index contributed by atoms with van der Waals surface area (Å²) in [6.07, 6.45) is 2.52. The van der Waals surface area contributed by atoms with E-state index in [1.165, 1.54) is 36.4 Å². The number of anilines is 1.